The first-order valence-electron chi connectivity index (χ1n) is 9.83. The highest BCUT2D eigenvalue weighted by atomic mass is 35.5. The molecule has 2 aromatic carbocycles. The second-order valence-electron chi connectivity index (χ2n) is 7.24. The minimum absolute atomic E-state index is 0.0173. The first kappa shape index (κ1) is 23.3. The van der Waals surface area contributed by atoms with Crippen LogP contribution in [0.1, 0.15) is 38.3 Å². The normalized spacial score (nSPS) is 11.9. The SMILES string of the molecule is CC(C)NC(=O)C(C)N(Cc1ccccc1Cl)C(=O)CCSCc1ccccc1. The molecule has 0 bridgehead atoms. The summed E-state index contributed by atoms with van der Waals surface area (Å²) in [5.41, 5.74) is 2.08. The quantitative estimate of drug-likeness (QED) is 0.543. The predicted molar refractivity (Wildman–Crippen MR) is 122 cm³/mol. The third kappa shape index (κ3) is 7.75. The standard InChI is InChI=1S/C23H29ClN2O2S/c1-17(2)25-23(28)18(3)26(15-20-11-7-8-12-21(20)24)22(27)13-14-29-16-19-9-5-4-6-10-19/h4-12,17-18H,13-16H2,1-3H3,(H,25,28). The summed E-state index contributed by atoms with van der Waals surface area (Å²) in [7, 11) is 0. The van der Waals surface area contributed by atoms with E-state index in [2.05, 4.69) is 17.4 Å². The van der Waals surface area contributed by atoms with Crippen LogP contribution in [0, 0.1) is 0 Å². The minimum Gasteiger partial charge on any atom is -0.352 e. The summed E-state index contributed by atoms with van der Waals surface area (Å²) in [6.45, 7) is 5.90. The average Bonchev–Trinajstić information content (AvgIpc) is 2.70. The fraction of sp³-hybridized carbons (Fsp3) is 0.391. The Hall–Kier alpha value is -1.98. The summed E-state index contributed by atoms with van der Waals surface area (Å²) in [5.74, 6) is 1.36. The maximum absolute atomic E-state index is 13.0. The molecule has 2 amide bonds. The van der Waals surface area contributed by atoms with E-state index in [-0.39, 0.29) is 17.9 Å². The number of benzene rings is 2. The molecule has 0 saturated heterocycles. The van der Waals surface area contributed by atoms with Crippen molar-refractivity contribution < 1.29 is 9.59 Å². The van der Waals surface area contributed by atoms with E-state index in [9.17, 15) is 9.59 Å². The molecular weight excluding hydrogens is 404 g/mol. The highest BCUT2D eigenvalue weighted by Crippen LogP contribution is 2.20. The van der Waals surface area contributed by atoms with Crippen molar-refractivity contribution in [3.8, 4) is 0 Å². The Balaban J connectivity index is 2.01. The molecule has 2 aromatic rings. The second kappa shape index (κ2) is 11.9. The monoisotopic (exact) mass is 432 g/mol. The van der Waals surface area contributed by atoms with Crippen molar-refractivity contribution in [3.05, 3.63) is 70.7 Å². The summed E-state index contributed by atoms with van der Waals surface area (Å²) in [6.07, 6.45) is 0.376. The van der Waals surface area contributed by atoms with Gasteiger partial charge in [-0.3, -0.25) is 9.59 Å². The molecule has 0 fully saturated rings. The third-order valence-electron chi connectivity index (χ3n) is 4.47. The molecule has 0 aliphatic rings. The topological polar surface area (TPSA) is 49.4 Å². The molecule has 1 unspecified atom stereocenters. The van der Waals surface area contributed by atoms with Crippen LogP contribution in [-0.2, 0) is 21.9 Å². The lowest BCUT2D eigenvalue weighted by Crippen LogP contribution is -2.49. The smallest absolute Gasteiger partial charge is 0.242 e. The molecule has 0 aliphatic carbocycles. The highest BCUT2D eigenvalue weighted by Gasteiger charge is 2.26. The molecule has 0 aromatic heterocycles. The Morgan fingerprint density at radius 1 is 1.03 bits per heavy atom. The Morgan fingerprint density at radius 3 is 2.34 bits per heavy atom. The van der Waals surface area contributed by atoms with Crippen molar-refractivity contribution in [1.82, 2.24) is 10.2 Å². The summed E-state index contributed by atoms with van der Waals surface area (Å²) >= 11 is 8.01. The van der Waals surface area contributed by atoms with E-state index < -0.39 is 6.04 Å². The number of halogens is 1. The maximum atomic E-state index is 13.0. The molecule has 0 radical (unpaired) electrons. The molecule has 29 heavy (non-hydrogen) atoms. The van der Waals surface area contributed by atoms with Crippen LogP contribution in [-0.4, -0.2) is 34.6 Å². The van der Waals surface area contributed by atoms with Crippen LogP contribution in [0.3, 0.4) is 0 Å². The molecular formula is C23H29ClN2O2S. The van der Waals surface area contributed by atoms with Gasteiger partial charge in [-0.25, -0.2) is 0 Å². The van der Waals surface area contributed by atoms with Crippen LogP contribution in [0.5, 0.6) is 0 Å². The Kier molecular flexibility index (Phi) is 9.55. The van der Waals surface area contributed by atoms with Gasteiger partial charge >= 0.3 is 0 Å². The average molecular weight is 433 g/mol. The van der Waals surface area contributed by atoms with Crippen LogP contribution >= 0.6 is 23.4 Å². The fourth-order valence-corrected chi connectivity index (χ4v) is 3.95. The van der Waals surface area contributed by atoms with Crippen molar-refractivity contribution in [2.75, 3.05) is 5.75 Å². The van der Waals surface area contributed by atoms with Gasteiger partial charge in [-0.05, 0) is 38.0 Å². The minimum atomic E-state index is -0.569. The fourth-order valence-electron chi connectivity index (χ4n) is 2.87. The lowest BCUT2D eigenvalue weighted by atomic mass is 10.1. The Labute approximate surface area is 183 Å². The van der Waals surface area contributed by atoms with E-state index in [4.69, 9.17) is 11.6 Å². The highest BCUT2D eigenvalue weighted by molar-refractivity contribution is 7.98. The van der Waals surface area contributed by atoms with Crippen molar-refractivity contribution in [3.63, 3.8) is 0 Å². The molecule has 0 heterocycles. The zero-order valence-electron chi connectivity index (χ0n) is 17.2. The van der Waals surface area contributed by atoms with Gasteiger partial charge in [-0.2, -0.15) is 11.8 Å². The number of thioether (sulfide) groups is 1. The molecule has 0 saturated carbocycles. The number of hydrogen-bond acceptors (Lipinski definition) is 3. The molecule has 1 N–H and O–H groups in total. The number of carbonyl (C=O) groups excluding carboxylic acids is 2. The van der Waals surface area contributed by atoms with Gasteiger partial charge in [0.1, 0.15) is 6.04 Å². The Morgan fingerprint density at radius 2 is 1.69 bits per heavy atom. The van der Waals surface area contributed by atoms with E-state index >= 15 is 0 Å². The van der Waals surface area contributed by atoms with Gasteiger partial charge < -0.3 is 10.2 Å². The molecule has 0 aliphatic heterocycles. The van der Waals surface area contributed by atoms with Gasteiger partial charge in [0.05, 0.1) is 0 Å². The Bertz CT molecular complexity index is 798. The summed E-state index contributed by atoms with van der Waals surface area (Å²) in [6, 6.07) is 17.1. The zero-order valence-corrected chi connectivity index (χ0v) is 18.8. The van der Waals surface area contributed by atoms with Gasteiger partial charge in [0.25, 0.3) is 0 Å². The molecule has 0 spiro atoms. The number of nitrogens with zero attached hydrogens (tertiary/aromatic N) is 1. The van der Waals surface area contributed by atoms with Crippen LogP contribution in [0.15, 0.2) is 54.6 Å². The van der Waals surface area contributed by atoms with Crippen molar-refractivity contribution >= 4 is 35.2 Å². The van der Waals surface area contributed by atoms with E-state index in [0.29, 0.717) is 23.7 Å². The number of carbonyl (C=O) groups is 2. The number of nitrogens with one attached hydrogen (secondary N) is 1. The number of rotatable bonds is 10. The number of amides is 2. The van der Waals surface area contributed by atoms with Gasteiger partial charge in [0.15, 0.2) is 0 Å². The third-order valence-corrected chi connectivity index (χ3v) is 5.87. The van der Waals surface area contributed by atoms with Gasteiger partial charge in [-0.1, -0.05) is 60.1 Å². The predicted octanol–water partition coefficient (Wildman–Crippen LogP) is 4.91. The number of hydrogen-bond donors (Lipinski definition) is 1. The second-order valence-corrected chi connectivity index (χ2v) is 8.75. The maximum Gasteiger partial charge on any atom is 0.242 e. The van der Waals surface area contributed by atoms with Crippen molar-refractivity contribution in [1.29, 1.82) is 0 Å². The van der Waals surface area contributed by atoms with Crippen LogP contribution in [0.2, 0.25) is 5.02 Å². The van der Waals surface area contributed by atoms with Crippen molar-refractivity contribution in [2.24, 2.45) is 0 Å². The molecule has 2 rings (SSSR count). The van der Waals surface area contributed by atoms with Gasteiger partial charge in [-0.15, -0.1) is 0 Å². The first-order valence-corrected chi connectivity index (χ1v) is 11.4. The van der Waals surface area contributed by atoms with Gasteiger partial charge in [0.2, 0.25) is 11.8 Å². The summed E-state index contributed by atoms with van der Waals surface area (Å²) in [4.78, 5) is 27.2. The first-order chi connectivity index (χ1) is 13.9. The van der Waals surface area contributed by atoms with Crippen LogP contribution in [0.25, 0.3) is 0 Å². The van der Waals surface area contributed by atoms with E-state index in [0.717, 1.165) is 11.3 Å². The van der Waals surface area contributed by atoms with Crippen LogP contribution < -0.4 is 5.32 Å². The van der Waals surface area contributed by atoms with E-state index in [1.807, 2.05) is 50.2 Å². The summed E-state index contributed by atoms with van der Waals surface area (Å²) < 4.78 is 0. The molecule has 1 atom stereocenters. The summed E-state index contributed by atoms with van der Waals surface area (Å²) in [5, 5.41) is 3.49. The lowest BCUT2D eigenvalue weighted by molar-refractivity contribution is -0.140. The van der Waals surface area contributed by atoms with E-state index in [1.165, 1.54) is 5.56 Å². The molecule has 4 nitrogen and oxygen atoms in total. The zero-order chi connectivity index (χ0) is 21.2. The van der Waals surface area contributed by atoms with Crippen LogP contribution in [0.4, 0.5) is 0 Å². The van der Waals surface area contributed by atoms with Gasteiger partial charge in [0, 0.05) is 35.5 Å². The largest absolute Gasteiger partial charge is 0.352 e. The lowest BCUT2D eigenvalue weighted by Gasteiger charge is -2.29. The van der Waals surface area contributed by atoms with E-state index in [1.54, 1.807) is 29.7 Å². The van der Waals surface area contributed by atoms with Crippen molar-refractivity contribution in [2.45, 2.75) is 51.6 Å². The molecule has 156 valence electrons. The molecule has 6 heteroatoms.